The number of esters is 3. The Bertz CT molecular complexity index is 1720. The molecule has 13 heteroatoms. The highest BCUT2D eigenvalue weighted by atomic mass is 16.7. The van der Waals surface area contributed by atoms with E-state index in [-0.39, 0.29) is 11.1 Å². The van der Waals surface area contributed by atoms with Crippen molar-refractivity contribution in [2.75, 3.05) is 13.2 Å². The lowest BCUT2D eigenvalue weighted by Crippen LogP contribution is -2.62. The molecular formula is C45H57N3O10. The van der Waals surface area contributed by atoms with Crippen LogP contribution in [-0.2, 0) is 23.7 Å². The zero-order valence-electron chi connectivity index (χ0n) is 33.3. The van der Waals surface area contributed by atoms with E-state index in [1.54, 1.807) is 72.8 Å². The van der Waals surface area contributed by atoms with Crippen LogP contribution in [0.25, 0.3) is 10.4 Å². The molecule has 0 saturated carbocycles. The maximum absolute atomic E-state index is 13.4. The van der Waals surface area contributed by atoms with Crippen LogP contribution in [0.4, 0.5) is 0 Å². The van der Waals surface area contributed by atoms with Crippen molar-refractivity contribution in [2.45, 2.75) is 127 Å². The van der Waals surface area contributed by atoms with Gasteiger partial charge in [0.25, 0.3) is 0 Å². The number of rotatable bonds is 25. The summed E-state index contributed by atoms with van der Waals surface area (Å²) in [6.45, 7) is 1.08. The topological polar surface area (TPSA) is 187 Å². The van der Waals surface area contributed by atoms with Gasteiger partial charge in [-0.25, -0.2) is 14.4 Å². The summed E-state index contributed by atoms with van der Waals surface area (Å²) in [5.41, 5.74) is 10.3. The molecule has 0 spiro atoms. The molecular weight excluding hydrogens is 743 g/mol. The second-order valence-corrected chi connectivity index (χ2v) is 14.3. The number of ether oxygens (including phenoxy) is 5. The lowest BCUT2D eigenvalue weighted by atomic mass is 9.98. The second kappa shape index (κ2) is 26.1. The average Bonchev–Trinajstić information content (AvgIpc) is 3.26. The molecule has 0 radical (unpaired) electrons. The van der Waals surface area contributed by atoms with Gasteiger partial charge < -0.3 is 33.9 Å². The van der Waals surface area contributed by atoms with E-state index in [0.717, 1.165) is 19.3 Å². The number of carbonyl (C=O) groups is 3. The zero-order valence-corrected chi connectivity index (χ0v) is 33.3. The van der Waals surface area contributed by atoms with Crippen LogP contribution >= 0.6 is 0 Å². The van der Waals surface area contributed by atoms with Gasteiger partial charge in [-0.15, -0.1) is 0 Å². The van der Waals surface area contributed by atoms with Crippen molar-refractivity contribution in [2.24, 2.45) is 5.11 Å². The number of aliphatic hydroxyl groups is 2. The number of aliphatic hydroxyl groups excluding tert-OH is 2. The predicted octanol–water partition coefficient (Wildman–Crippen LogP) is 8.69. The van der Waals surface area contributed by atoms with Gasteiger partial charge in [-0.05, 0) is 60.8 Å². The molecule has 13 nitrogen and oxygen atoms in total. The highest BCUT2D eigenvalue weighted by molar-refractivity contribution is 5.90. The highest BCUT2D eigenvalue weighted by Gasteiger charge is 2.50. The number of nitrogens with zero attached hydrogens (tertiary/aromatic N) is 3. The van der Waals surface area contributed by atoms with Crippen molar-refractivity contribution in [3.8, 4) is 0 Å². The van der Waals surface area contributed by atoms with Crippen molar-refractivity contribution in [1.82, 2.24) is 0 Å². The molecule has 3 aromatic rings. The molecule has 7 atom stereocenters. The average molecular weight is 800 g/mol. The van der Waals surface area contributed by atoms with Gasteiger partial charge in [0.05, 0.1) is 29.9 Å². The Morgan fingerprint density at radius 3 is 1.72 bits per heavy atom. The molecule has 4 rings (SSSR count). The lowest BCUT2D eigenvalue weighted by molar-refractivity contribution is -0.300. The molecule has 0 bridgehead atoms. The van der Waals surface area contributed by atoms with Crippen molar-refractivity contribution >= 4 is 17.9 Å². The van der Waals surface area contributed by atoms with Crippen molar-refractivity contribution in [3.05, 3.63) is 130 Å². The maximum atomic E-state index is 13.4. The summed E-state index contributed by atoms with van der Waals surface area (Å²) in [4.78, 5) is 42.9. The van der Waals surface area contributed by atoms with E-state index in [2.05, 4.69) is 16.9 Å². The molecule has 312 valence electrons. The largest absolute Gasteiger partial charge is 0.454 e. The van der Waals surface area contributed by atoms with Gasteiger partial charge in [0.1, 0.15) is 24.4 Å². The van der Waals surface area contributed by atoms with Gasteiger partial charge in [-0.1, -0.05) is 137 Å². The first-order valence-electron chi connectivity index (χ1n) is 20.4. The van der Waals surface area contributed by atoms with Gasteiger partial charge >= 0.3 is 17.9 Å². The number of azide groups is 1. The molecule has 1 fully saturated rings. The van der Waals surface area contributed by atoms with E-state index in [0.29, 0.717) is 12.0 Å². The quantitative estimate of drug-likeness (QED) is 0.0160. The molecule has 0 aliphatic carbocycles. The van der Waals surface area contributed by atoms with Crippen LogP contribution < -0.4 is 0 Å². The molecule has 1 saturated heterocycles. The molecule has 0 amide bonds. The smallest absolute Gasteiger partial charge is 0.338 e. The van der Waals surface area contributed by atoms with Gasteiger partial charge in [0.2, 0.25) is 0 Å². The van der Waals surface area contributed by atoms with Crippen molar-refractivity contribution in [1.29, 1.82) is 0 Å². The zero-order chi connectivity index (χ0) is 41.4. The van der Waals surface area contributed by atoms with E-state index in [1.165, 1.54) is 75.6 Å². The lowest BCUT2D eigenvalue weighted by Gasteiger charge is -2.43. The molecule has 1 aliphatic rings. The highest BCUT2D eigenvalue weighted by Crippen LogP contribution is 2.29. The monoisotopic (exact) mass is 799 g/mol. The van der Waals surface area contributed by atoms with E-state index >= 15 is 0 Å². The summed E-state index contributed by atoms with van der Waals surface area (Å²) >= 11 is 0. The van der Waals surface area contributed by atoms with Crippen LogP contribution in [-0.4, -0.2) is 84.2 Å². The predicted molar refractivity (Wildman–Crippen MR) is 218 cm³/mol. The van der Waals surface area contributed by atoms with Gasteiger partial charge in [-0.2, -0.15) is 0 Å². The number of benzene rings is 3. The Hall–Kier alpha value is -5.04. The van der Waals surface area contributed by atoms with E-state index < -0.39 is 74.0 Å². The van der Waals surface area contributed by atoms with Crippen molar-refractivity contribution < 1.29 is 48.3 Å². The minimum atomic E-state index is -1.64. The summed E-state index contributed by atoms with van der Waals surface area (Å²) in [6.07, 6.45) is 8.79. The van der Waals surface area contributed by atoms with Crippen LogP contribution in [0.15, 0.2) is 108 Å². The number of unbranched alkanes of at least 4 members (excludes halogenated alkanes) is 11. The first kappa shape index (κ1) is 45.7. The maximum Gasteiger partial charge on any atom is 0.338 e. The van der Waals surface area contributed by atoms with Crippen LogP contribution in [0, 0.1) is 0 Å². The van der Waals surface area contributed by atoms with Crippen LogP contribution in [0.5, 0.6) is 0 Å². The third kappa shape index (κ3) is 15.0. The second-order valence-electron chi connectivity index (χ2n) is 14.3. The van der Waals surface area contributed by atoms with E-state index in [4.69, 9.17) is 23.7 Å². The van der Waals surface area contributed by atoms with Crippen LogP contribution in [0.1, 0.15) is 115 Å². The Morgan fingerprint density at radius 2 is 1.22 bits per heavy atom. The first-order chi connectivity index (χ1) is 28.4. The number of hydrogen-bond acceptors (Lipinski definition) is 11. The van der Waals surface area contributed by atoms with Crippen LogP contribution in [0.2, 0.25) is 0 Å². The van der Waals surface area contributed by atoms with E-state index in [1.807, 2.05) is 6.08 Å². The van der Waals surface area contributed by atoms with E-state index in [9.17, 15) is 30.1 Å². The Labute approximate surface area is 340 Å². The summed E-state index contributed by atoms with van der Waals surface area (Å²) in [5.74, 6) is -2.31. The first-order valence-corrected chi connectivity index (χ1v) is 20.4. The Kier molecular flexibility index (Phi) is 20.5. The fourth-order valence-corrected chi connectivity index (χ4v) is 6.59. The summed E-state index contributed by atoms with van der Waals surface area (Å²) in [5, 5.41) is 25.3. The normalized spacial score (nSPS) is 20.1. The molecule has 2 N–H and O–H groups in total. The third-order valence-corrected chi connectivity index (χ3v) is 9.87. The molecule has 3 aromatic carbocycles. The standard InChI is InChI=1S/C45H57N3O10/c1-2-3-4-5-6-7-8-9-10-11-12-13-23-30-37(55-42(51)33-24-17-14-18-25-33)36(47-48-46)32-54-45-41(58-44(53)35-28-21-16-22-29-35)40(39(50)38(31-49)56-45)57-43(52)34-26-19-15-20-27-34/h14-30,36-41,45,49-50H,2-13,31-32H2,1H3/b30-23+/t36-,37+,38+,39-,40-,41+,45+/m0/s1. The summed E-state index contributed by atoms with van der Waals surface area (Å²) < 4.78 is 29.5. The molecule has 58 heavy (non-hydrogen) atoms. The van der Waals surface area contributed by atoms with Gasteiger partial charge in [0, 0.05) is 4.91 Å². The van der Waals surface area contributed by atoms with Crippen LogP contribution in [0.3, 0.4) is 0 Å². The fraction of sp³-hybridized carbons (Fsp3) is 0.489. The summed E-state index contributed by atoms with van der Waals surface area (Å²) in [7, 11) is 0. The summed E-state index contributed by atoms with van der Waals surface area (Å²) in [6, 6.07) is 23.3. The van der Waals surface area contributed by atoms with Gasteiger partial charge in [-0.3, -0.25) is 0 Å². The fourth-order valence-electron chi connectivity index (χ4n) is 6.59. The van der Waals surface area contributed by atoms with Crippen molar-refractivity contribution in [3.63, 3.8) is 0 Å². The van der Waals surface area contributed by atoms with Gasteiger partial charge in [0.15, 0.2) is 18.5 Å². The number of carbonyl (C=O) groups excluding carboxylic acids is 3. The Morgan fingerprint density at radius 1 is 0.741 bits per heavy atom. The molecule has 0 aromatic heterocycles. The SMILES string of the molecule is CCCCCCCCCCCCC/C=C/[C@@H](OC(=O)c1ccccc1)[C@H](CO[C@@H]1O[C@H](CO)[C@H](O)[C@H](OC(=O)c2ccccc2)[C@H]1OC(=O)c1ccccc1)N=[N+]=[N-]. The minimum absolute atomic E-state index is 0.163. The molecule has 0 unspecified atom stereocenters. The molecule has 1 heterocycles. The molecule has 1 aliphatic heterocycles. The minimum Gasteiger partial charge on any atom is -0.454 e. The number of allylic oxidation sites excluding steroid dienone is 1. The number of hydrogen-bond donors (Lipinski definition) is 2. The Balaban J connectivity index is 1.50. The third-order valence-electron chi connectivity index (χ3n) is 9.87.